The molecule has 0 radical (unpaired) electrons. The number of likely N-dealkylation sites (N-methyl/N-ethyl adjacent to an activating group) is 1. The lowest BCUT2D eigenvalue weighted by molar-refractivity contribution is 0.140. The first-order valence-electron chi connectivity index (χ1n) is 8.34. The van der Waals surface area contributed by atoms with Crippen LogP contribution in [0.3, 0.4) is 0 Å². The Balaban J connectivity index is 2.12. The van der Waals surface area contributed by atoms with Crippen LogP contribution in [-0.4, -0.2) is 44.9 Å². The van der Waals surface area contributed by atoms with Gasteiger partial charge in [-0.2, -0.15) is 0 Å². The Bertz CT molecular complexity index is 539. The van der Waals surface area contributed by atoms with E-state index in [1.165, 1.54) is 11.0 Å². The monoisotopic (exact) mass is 323 g/mol. The first-order chi connectivity index (χ1) is 11.1. The predicted molar refractivity (Wildman–Crippen MR) is 90.7 cm³/mol. The quantitative estimate of drug-likeness (QED) is 0.799. The predicted octanol–water partition coefficient (Wildman–Crippen LogP) is 3.00. The summed E-state index contributed by atoms with van der Waals surface area (Å²) in [7, 11) is 0. The average Bonchev–Trinajstić information content (AvgIpc) is 2.92. The molecule has 1 fully saturated rings. The summed E-state index contributed by atoms with van der Waals surface area (Å²) in [5.74, 6) is -0.305. The molecule has 1 amide bonds. The van der Waals surface area contributed by atoms with Crippen molar-refractivity contribution in [1.82, 2.24) is 5.32 Å². The van der Waals surface area contributed by atoms with Crippen molar-refractivity contribution in [3.8, 4) is 0 Å². The summed E-state index contributed by atoms with van der Waals surface area (Å²) in [5, 5.41) is 3.16. The lowest BCUT2D eigenvalue weighted by atomic mass is 10.2. The second kappa shape index (κ2) is 8.15. The summed E-state index contributed by atoms with van der Waals surface area (Å²) in [5.41, 5.74) is 1.12. The van der Waals surface area contributed by atoms with Gasteiger partial charge in [0.2, 0.25) is 0 Å². The molecule has 1 aromatic carbocycles. The van der Waals surface area contributed by atoms with Crippen LogP contribution in [-0.2, 0) is 4.74 Å². The van der Waals surface area contributed by atoms with Gasteiger partial charge in [0.15, 0.2) is 0 Å². The van der Waals surface area contributed by atoms with Gasteiger partial charge >= 0.3 is 6.09 Å². The minimum atomic E-state index is -0.416. The highest BCUT2D eigenvalue weighted by Crippen LogP contribution is 2.28. The van der Waals surface area contributed by atoms with Gasteiger partial charge in [-0.15, -0.1) is 0 Å². The number of hydrogen-bond acceptors (Lipinski definition) is 4. The number of anilines is 2. The Hall–Kier alpha value is -1.82. The smallest absolute Gasteiger partial charge is 0.414 e. The molecular formula is C17H26FN3O2. The number of amides is 1. The van der Waals surface area contributed by atoms with Crippen molar-refractivity contribution in [2.75, 3.05) is 42.5 Å². The van der Waals surface area contributed by atoms with Gasteiger partial charge < -0.3 is 15.0 Å². The fraction of sp³-hybridized carbons (Fsp3) is 0.588. The first-order valence-corrected chi connectivity index (χ1v) is 8.34. The van der Waals surface area contributed by atoms with Crippen LogP contribution in [0.4, 0.5) is 20.6 Å². The summed E-state index contributed by atoms with van der Waals surface area (Å²) < 4.78 is 19.8. The number of benzene rings is 1. The van der Waals surface area contributed by atoms with E-state index in [0.717, 1.165) is 26.1 Å². The Kier molecular flexibility index (Phi) is 6.21. The summed E-state index contributed by atoms with van der Waals surface area (Å²) in [6.07, 6.45) is 0.345. The molecule has 0 aliphatic carbocycles. The molecule has 1 atom stereocenters. The first kappa shape index (κ1) is 17.5. The lowest BCUT2D eigenvalue weighted by Gasteiger charge is -2.24. The van der Waals surface area contributed by atoms with E-state index >= 15 is 0 Å². The molecule has 2 rings (SSSR count). The van der Waals surface area contributed by atoms with Crippen molar-refractivity contribution in [2.45, 2.75) is 33.3 Å². The largest absolute Gasteiger partial charge is 0.443 e. The number of cyclic esters (lactones) is 1. The van der Waals surface area contributed by atoms with Gasteiger partial charge in [0.25, 0.3) is 0 Å². The normalized spacial score (nSPS) is 17.5. The molecule has 128 valence electrons. The van der Waals surface area contributed by atoms with E-state index in [1.807, 2.05) is 18.7 Å². The van der Waals surface area contributed by atoms with Crippen LogP contribution >= 0.6 is 0 Å². The standard InChI is InChI=1S/C17H26FN3O2/c1-4-9-20(6-3)16-8-7-13(10-15(16)18)21-12-14(11-19-5-2)23-17(21)22/h7-8,10,14,19H,4-6,9,11-12H2,1-3H3. The van der Waals surface area contributed by atoms with E-state index in [9.17, 15) is 9.18 Å². The molecule has 5 nitrogen and oxygen atoms in total. The highest BCUT2D eigenvalue weighted by molar-refractivity contribution is 5.90. The molecule has 1 N–H and O–H groups in total. The third-order valence-electron chi connectivity index (χ3n) is 3.95. The van der Waals surface area contributed by atoms with E-state index in [4.69, 9.17) is 4.74 Å². The minimum absolute atomic E-state index is 0.197. The minimum Gasteiger partial charge on any atom is -0.443 e. The number of rotatable bonds is 8. The molecule has 0 aromatic heterocycles. The fourth-order valence-electron chi connectivity index (χ4n) is 2.78. The van der Waals surface area contributed by atoms with Gasteiger partial charge in [0, 0.05) is 19.6 Å². The van der Waals surface area contributed by atoms with Crippen molar-refractivity contribution in [3.05, 3.63) is 24.0 Å². The van der Waals surface area contributed by atoms with Crippen LogP contribution < -0.4 is 15.1 Å². The van der Waals surface area contributed by atoms with E-state index < -0.39 is 6.09 Å². The number of nitrogens with one attached hydrogen (secondary N) is 1. The van der Waals surface area contributed by atoms with Crippen LogP contribution in [0.2, 0.25) is 0 Å². The van der Waals surface area contributed by atoms with Crippen molar-refractivity contribution >= 4 is 17.5 Å². The van der Waals surface area contributed by atoms with Crippen LogP contribution in [0.1, 0.15) is 27.2 Å². The third kappa shape index (κ3) is 4.13. The van der Waals surface area contributed by atoms with Crippen LogP contribution in [0.15, 0.2) is 18.2 Å². The maximum atomic E-state index is 14.5. The summed E-state index contributed by atoms with van der Waals surface area (Å²) in [4.78, 5) is 15.5. The van der Waals surface area contributed by atoms with Crippen LogP contribution in [0.25, 0.3) is 0 Å². The SMILES string of the molecule is CCCN(CC)c1ccc(N2CC(CNCC)OC2=O)cc1F. The van der Waals surface area contributed by atoms with Gasteiger partial charge in [-0.25, -0.2) is 9.18 Å². The van der Waals surface area contributed by atoms with Gasteiger partial charge in [-0.3, -0.25) is 4.90 Å². The van der Waals surface area contributed by atoms with E-state index in [0.29, 0.717) is 24.5 Å². The van der Waals surface area contributed by atoms with Gasteiger partial charge in [0.1, 0.15) is 11.9 Å². The highest BCUT2D eigenvalue weighted by atomic mass is 19.1. The van der Waals surface area contributed by atoms with Crippen molar-refractivity contribution in [3.63, 3.8) is 0 Å². The molecule has 23 heavy (non-hydrogen) atoms. The number of nitrogens with zero attached hydrogens (tertiary/aromatic N) is 2. The molecule has 1 heterocycles. The van der Waals surface area contributed by atoms with Gasteiger partial charge in [-0.05, 0) is 38.1 Å². The number of hydrogen-bond donors (Lipinski definition) is 1. The molecular weight excluding hydrogens is 297 g/mol. The zero-order chi connectivity index (χ0) is 16.8. The maximum absolute atomic E-state index is 14.5. The van der Waals surface area contributed by atoms with E-state index in [-0.39, 0.29) is 11.9 Å². The van der Waals surface area contributed by atoms with Gasteiger partial charge in [0.05, 0.1) is 17.9 Å². The molecule has 0 spiro atoms. The molecule has 1 unspecified atom stereocenters. The fourth-order valence-corrected chi connectivity index (χ4v) is 2.78. The molecule has 6 heteroatoms. The lowest BCUT2D eigenvalue weighted by Crippen LogP contribution is -2.31. The Labute approximate surface area is 137 Å². The van der Waals surface area contributed by atoms with Crippen molar-refractivity contribution < 1.29 is 13.9 Å². The number of ether oxygens (including phenoxy) is 1. The second-order valence-electron chi connectivity index (χ2n) is 5.64. The van der Waals surface area contributed by atoms with E-state index in [2.05, 4.69) is 12.2 Å². The molecule has 0 saturated carbocycles. The maximum Gasteiger partial charge on any atom is 0.414 e. The van der Waals surface area contributed by atoms with Crippen LogP contribution in [0.5, 0.6) is 0 Å². The van der Waals surface area contributed by atoms with Gasteiger partial charge in [-0.1, -0.05) is 13.8 Å². The number of carbonyl (C=O) groups excluding carboxylic acids is 1. The molecule has 1 saturated heterocycles. The average molecular weight is 323 g/mol. The van der Waals surface area contributed by atoms with E-state index in [1.54, 1.807) is 12.1 Å². The molecule has 1 aliphatic heterocycles. The number of carbonyl (C=O) groups is 1. The summed E-state index contributed by atoms with van der Waals surface area (Å²) >= 11 is 0. The second-order valence-corrected chi connectivity index (χ2v) is 5.64. The van der Waals surface area contributed by atoms with Crippen molar-refractivity contribution in [2.24, 2.45) is 0 Å². The van der Waals surface area contributed by atoms with Crippen LogP contribution in [0, 0.1) is 5.82 Å². The summed E-state index contributed by atoms with van der Waals surface area (Å²) in [6, 6.07) is 4.95. The zero-order valence-electron chi connectivity index (χ0n) is 14.1. The molecule has 1 aliphatic rings. The Morgan fingerprint density at radius 2 is 2.17 bits per heavy atom. The third-order valence-corrected chi connectivity index (χ3v) is 3.95. The number of halogens is 1. The Morgan fingerprint density at radius 3 is 2.78 bits per heavy atom. The molecule has 1 aromatic rings. The zero-order valence-corrected chi connectivity index (χ0v) is 14.1. The topological polar surface area (TPSA) is 44.8 Å². The highest BCUT2D eigenvalue weighted by Gasteiger charge is 2.32. The van der Waals surface area contributed by atoms with Crippen molar-refractivity contribution in [1.29, 1.82) is 0 Å². The molecule has 0 bridgehead atoms. The Morgan fingerprint density at radius 1 is 1.39 bits per heavy atom. The summed E-state index contributed by atoms with van der Waals surface area (Å²) in [6.45, 7) is 9.51.